The molecule has 3 rings (SSSR count). The van der Waals surface area contributed by atoms with Gasteiger partial charge in [-0.3, -0.25) is 0 Å². The standard InChI is InChI=1S/C13H12O2.C6H6O2.Fe/c14-13(12-8-4-5-9-12)15-10-11-6-2-1-3-7-11;7-6(8)5-3-1-2-4-5;/h1-9,14H,10H2;1-4,7-8H;/q;;+2/p-2. The quantitative estimate of drug-likeness (QED) is 0.659. The van der Waals surface area contributed by atoms with Gasteiger partial charge in [-0.25, -0.2) is 0 Å². The van der Waals surface area contributed by atoms with Gasteiger partial charge in [0.2, 0.25) is 0 Å². The normalized spacial score (nSPS) is 13.3. The maximum atomic E-state index is 11.5. The molecule has 24 heavy (non-hydrogen) atoms. The first-order chi connectivity index (χ1) is 11.2. The number of hydrogen-bond acceptors (Lipinski definition) is 4. The summed E-state index contributed by atoms with van der Waals surface area (Å²) in [5.41, 5.74) is 1.95. The number of hydrogen-bond donors (Lipinski definition) is 1. The predicted octanol–water partition coefficient (Wildman–Crippen LogP) is 2.14. The van der Waals surface area contributed by atoms with E-state index in [-0.39, 0.29) is 23.0 Å². The molecule has 1 aromatic carbocycles. The van der Waals surface area contributed by atoms with E-state index in [1.807, 2.05) is 42.5 Å². The molecule has 0 aromatic heterocycles. The second kappa shape index (κ2) is 10.2. The van der Waals surface area contributed by atoms with E-state index in [0.29, 0.717) is 17.8 Å². The summed E-state index contributed by atoms with van der Waals surface area (Å²) >= 11 is 0. The maximum Gasteiger partial charge on any atom is 2.00 e. The van der Waals surface area contributed by atoms with Crippen molar-refractivity contribution in [1.82, 2.24) is 0 Å². The summed E-state index contributed by atoms with van der Waals surface area (Å²) in [6.07, 6.45) is 13.6. The van der Waals surface area contributed by atoms with Gasteiger partial charge in [0.05, 0.1) is 11.9 Å². The van der Waals surface area contributed by atoms with Crippen LogP contribution >= 0.6 is 0 Å². The summed E-state index contributed by atoms with van der Waals surface area (Å²) in [4.78, 5) is 0. The molecule has 0 saturated carbocycles. The van der Waals surface area contributed by atoms with E-state index in [1.54, 1.807) is 36.5 Å². The average molecular weight is 364 g/mol. The Kier molecular flexibility index (Phi) is 8.26. The fourth-order valence-electron chi connectivity index (χ4n) is 1.83. The Hall–Kier alpha value is -2.62. The van der Waals surface area contributed by atoms with Gasteiger partial charge in [-0.15, -0.1) is 0 Å². The predicted molar refractivity (Wildman–Crippen MR) is 84.5 cm³/mol. The Balaban J connectivity index is 0.000000273. The molecule has 2 aliphatic rings. The molecular formula is C19H16FeO4. The largest absolute Gasteiger partial charge is 2.00 e. The van der Waals surface area contributed by atoms with Gasteiger partial charge in [0.15, 0.2) is 0 Å². The van der Waals surface area contributed by atoms with Gasteiger partial charge in [-0.2, -0.15) is 0 Å². The van der Waals surface area contributed by atoms with Crippen LogP contribution in [0.15, 0.2) is 102 Å². The summed E-state index contributed by atoms with van der Waals surface area (Å²) in [6, 6.07) is 9.64. The zero-order chi connectivity index (χ0) is 16.5. The summed E-state index contributed by atoms with van der Waals surface area (Å²) in [5, 5.41) is 29.8. The van der Waals surface area contributed by atoms with E-state index in [4.69, 9.17) is 9.84 Å². The molecule has 0 heterocycles. The molecule has 0 aliphatic heterocycles. The van der Waals surface area contributed by atoms with Crippen molar-refractivity contribution in [2.24, 2.45) is 0 Å². The van der Waals surface area contributed by atoms with Crippen molar-refractivity contribution in [3.63, 3.8) is 0 Å². The SMILES string of the molecule is [Fe+2].[O-]C(O)=C1C=CC=C1.[O-]C(OCc1ccccc1)=C1C=CC=C1. The van der Waals surface area contributed by atoms with Crippen LogP contribution < -0.4 is 10.2 Å². The van der Waals surface area contributed by atoms with E-state index in [9.17, 15) is 10.2 Å². The van der Waals surface area contributed by atoms with Gasteiger partial charge in [0.25, 0.3) is 0 Å². The van der Waals surface area contributed by atoms with Crippen LogP contribution in [0.5, 0.6) is 0 Å². The maximum absolute atomic E-state index is 11.5. The van der Waals surface area contributed by atoms with Gasteiger partial charge in [-0.05, 0) is 16.7 Å². The van der Waals surface area contributed by atoms with E-state index >= 15 is 0 Å². The topological polar surface area (TPSA) is 75.6 Å². The first-order valence-corrected chi connectivity index (χ1v) is 7.04. The van der Waals surface area contributed by atoms with Crippen LogP contribution in [0.4, 0.5) is 0 Å². The molecule has 0 amide bonds. The minimum Gasteiger partial charge on any atom is -0.629 e. The van der Waals surface area contributed by atoms with Crippen LogP contribution in [0.25, 0.3) is 0 Å². The second-order valence-electron chi connectivity index (χ2n) is 4.71. The van der Waals surface area contributed by atoms with Gasteiger partial charge < -0.3 is 20.1 Å². The van der Waals surface area contributed by atoms with Crippen LogP contribution in [0.3, 0.4) is 0 Å². The van der Waals surface area contributed by atoms with Crippen molar-refractivity contribution in [3.8, 4) is 0 Å². The van der Waals surface area contributed by atoms with Crippen LogP contribution in [0.2, 0.25) is 0 Å². The molecule has 5 heteroatoms. The molecule has 0 atom stereocenters. The molecular weight excluding hydrogens is 348 g/mol. The molecule has 1 aromatic rings. The fraction of sp³-hybridized carbons (Fsp3) is 0.0526. The van der Waals surface area contributed by atoms with Crippen LogP contribution in [-0.4, -0.2) is 5.11 Å². The van der Waals surface area contributed by atoms with Crippen molar-refractivity contribution in [1.29, 1.82) is 0 Å². The van der Waals surface area contributed by atoms with Gasteiger partial charge >= 0.3 is 17.1 Å². The second-order valence-corrected chi connectivity index (χ2v) is 4.71. The summed E-state index contributed by atoms with van der Waals surface area (Å²) in [5.74, 6) is -1.14. The first-order valence-electron chi connectivity index (χ1n) is 7.04. The molecule has 4 nitrogen and oxygen atoms in total. The van der Waals surface area contributed by atoms with E-state index in [0.717, 1.165) is 5.56 Å². The van der Waals surface area contributed by atoms with Crippen molar-refractivity contribution in [2.75, 3.05) is 0 Å². The van der Waals surface area contributed by atoms with Gasteiger partial charge in [-0.1, -0.05) is 78.9 Å². The van der Waals surface area contributed by atoms with Crippen LogP contribution in [0.1, 0.15) is 5.56 Å². The zero-order valence-electron chi connectivity index (χ0n) is 12.7. The Labute approximate surface area is 151 Å². The smallest absolute Gasteiger partial charge is 0.629 e. The van der Waals surface area contributed by atoms with Crippen LogP contribution in [0, 0.1) is 0 Å². The molecule has 0 saturated heterocycles. The number of ether oxygens (including phenoxy) is 1. The number of benzene rings is 1. The molecule has 2 aliphatic carbocycles. The fourth-order valence-corrected chi connectivity index (χ4v) is 1.83. The molecule has 0 fully saturated rings. The van der Waals surface area contributed by atoms with Crippen molar-refractivity contribution < 1.29 is 37.1 Å². The number of aliphatic hydroxyl groups excluding tert-OH is 1. The van der Waals surface area contributed by atoms with E-state index in [2.05, 4.69) is 0 Å². The minimum absolute atomic E-state index is 0. The molecule has 0 unspecified atom stereocenters. The van der Waals surface area contributed by atoms with Crippen molar-refractivity contribution >= 4 is 0 Å². The number of allylic oxidation sites excluding steroid dienone is 10. The Morgan fingerprint density at radius 1 is 0.833 bits per heavy atom. The van der Waals surface area contributed by atoms with E-state index < -0.39 is 5.95 Å². The summed E-state index contributed by atoms with van der Waals surface area (Å²) in [6.45, 7) is 0.324. The molecule has 0 spiro atoms. The Morgan fingerprint density at radius 2 is 1.33 bits per heavy atom. The van der Waals surface area contributed by atoms with Gasteiger partial charge in [0.1, 0.15) is 0 Å². The third kappa shape index (κ3) is 6.24. The van der Waals surface area contributed by atoms with E-state index in [1.165, 1.54) is 0 Å². The van der Waals surface area contributed by atoms with Crippen LogP contribution in [-0.2, 0) is 28.4 Å². The number of aliphatic hydroxyl groups is 1. The third-order valence-electron chi connectivity index (χ3n) is 3.02. The summed E-state index contributed by atoms with van der Waals surface area (Å²) in [7, 11) is 0. The monoisotopic (exact) mass is 364 g/mol. The minimum atomic E-state index is -0.866. The first kappa shape index (κ1) is 19.4. The molecule has 1 N–H and O–H groups in total. The van der Waals surface area contributed by atoms with Crippen molar-refractivity contribution in [2.45, 2.75) is 6.61 Å². The molecule has 0 radical (unpaired) electrons. The van der Waals surface area contributed by atoms with Gasteiger partial charge in [0, 0.05) is 6.61 Å². The average Bonchev–Trinajstić information content (AvgIpc) is 3.27. The summed E-state index contributed by atoms with van der Waals surface area (Å²) < 4.78 is 5.13. The Morgan fingerprint density at radius 3 is 1.79 bits per heavy atom. The third-order valence-corrected chi connectivity index (χ3v) is 3.02. The molecule has 124 valence electrons. The molecule has 0 bridgehead atoms. The zero-order valence-corrected chi connectivity index (χ0v) is 13.8. The number of rotatable bonds is 3. The Bertz CT molecular complexity index is 678. The van der Waals surface area contributed by atoms with Crippen molar-refractivity contribution in [3.05, 3.63) is 108 Å².